The first-order valence-corrected chi connectivity index (χ1v) is 12.7. The molecule has 0 unspecified atom stereocenters. The van der Waals surface area contributed by atoms with Gasteiger partial charge >= 0.3 is 0 Å². The molecule has 3 nitrogen and oxygen atoms in total. The van der Waals surface area contributed by atoms with E-state index in [1.165, 1.54) is 0 Å². The van der Waals surface area contributed by atoms with Crippen LogP contribution in [0.1, 0.15) is 13.3 Å². The van der Waals surface area contributed by atoms with E-state index < -0.39 is 22.6 Å². The van der Waals surface area contributed by atoms with Crippen molar-refractivity contribution >= 4 is 27.1 Å². The van der Waals surface area contributed by atoms with E-state index >= 15 is 0 Å². The Labute approximate surface area is 111 Å². The van der Waals surface area contributed by atoms with Crippen molar-refractivity contribution in [1.29, 1.82) is 0 Å². The van der Waals surface area contributed by atoms with Gasteiger partial charge in [0.1, 0.15) is 0 Å². The Hall–Kier alpha value is 0.0106. The van der Waals surface area contributed by atoms with Crippen LogP contribution < -0.4 is 0 Å². The van der Waals surface area contributed by atoms with Gasteiger partial charge in [-0.05, 0) is 26.2 Å². The van der Waals surface area contributed by atoms with Crippen LogP contribution in [0.2, 0.25) is 26.2 Å². The van der Waals surface area contributed by atoms with E-state index in [0.29, 0.717) is 16.9 Å². The molecule has 0 heterocycles. The lowest BCUT2D eigenvalue weighted by atomic mass is 10.4. The van der Waals surface area contributed by atoms with Crippen LogP contribution in [0.3, 0.4) is 0 Å². The summed E-state index contributed by atoms with van der Waals surface area (Å²) in [5.41, 5.74) is 3.79. The zero-order valence-corrected chi connectivity index (χ0v) is 16.0. The second kappa shape index (κ2) is 6.26. The summed E-state index contributed by atoms with van der Waals surface area (Å²) in [4.78, 5) is 0. The Balaban J connectivity index is 5.03. The van der Waals surface area contributed by atoms with Crippen molar-refractivity contribution < 1.29 is 13.3 Å². The maximum Gasteiger partial charge on any atom is 0.253 e. The molecule has 0 fully saturated rings. The van der Waals surface area contributed by atoms with Gasteiger partial charge in [-0.25, -0.2) is 0 Å². The normalized spacial score (nSPS) is 13.7. The van der Waals surface area contributed by atoms with Crippen molar-refractivity contribution in [3.05, 3.63) is 24.6 Å². The van der Waals surface area contributed by atoms with Gasteiger partial charge in [0, 0.05) is 6.42 Å². The lowest BCUT2D eigenvalue weighted by Gasteiger charge is -2.41. The fourth-order valence-corrected chi connectivity index (χ4v) is 4.46. The fourth-order valence-electron chi connectivity index (χ4n) is 1.28. The van der Waals surface area contributed by atoms with Gasteiger partial charge in [0.25, 0.3) is 5.97 Å². The molecule has 0 bridgehead atoms. The second-order valence-electron chi connectivity index (χ2n) is 5.06. The van der Waals surface area contributed by atoms with Crippen LogP contribution in [-0.4, -0.2) is 33.1 Å². The van der Waals surface area contributed by atoms with E-state index in [2.05, 4.69) is 39.3 Å². The molecule has 0 atom stereocenters. The average Bonchev–Trinajstić information content (AvgIpc) is 2.27. The Kier molecular flexibility index (Phi) is 6.26. The quantitative estimate of drug-likeness (QED) is 0.507. The molecule has 0 amide bonds. The van der Waals surface area contributed by atoms with Crippen LogP contribution >= 0.6 is 0 Å². The van der Waals surface area contributed by atoms with E-state index in [9.17, 15) is 0 Å². The molecule has 17 heavy (non-hydrogen) atoms. The minimum absolute atomic E-state index is 0.573. The van der Waals surface area contributed by atoms with Crippen LogP contribution in [-0.2, 0) is 13.3 Å². The number of rotatable bonds is 8. The van der Waals surface area contributed by atoms with Gasteiger partial charge in [-0.15, -0.1) is 13.2 Å². The molecule has 0 N–H and O–H groups in total. The van der Waals surface area contributed by atoms with E-state index in [0.717, 1.165) is 0 Å². The second-order valence-corrected chi connectivity index (χ2v) is 13.1. The van der Waals surface area contributed by atoms with Crippen LogP contribution in [0.4, 0.5) is 0 Å². The van der Waals surface area contributed by atoms with Crippen LogP contribution in [0.25, 0.3) is 0 Å². The number of hydrogen-bond acceptors (Lipinski definition) is 3. The fraction of sp³-hybridized carbons (Fsp3) is 0.636. The summed E-state index contributed by atoms with van der Waals surface area (Å²) < 4.78 is 17.8. The van der Waals surface area contributed by atoms with Crippen molar-refractivity contribution in [1.82, 2.24) is 0 Å². The van der Waals surface area contributed by atoms with Gasteiger partial charge in [0.2, 0.25) is 16.6 Å². The molecular formula is C11H26O3Si3. The summed E-state index contributed by atoms with van der Waals surface area (Å²) in [6, 6.07) is 0. The minimum atomic E-state index is -1.94. The summed E-state index contributed by atoms with van der Waals surface area (Å²) in [6.45, 7) is 18.0. The molecule has 0 aromatic carbocycles. The topological polar surface area (TPSA) is 27.7 Å². The van der Waals surface area contributed by atoms with Gasteiger partial charge in [-0.1, -0.05) is 18.3 Å². The third kappa shape index (κ3) is 5.45. The first kappa shape index (κ1) is 17.0. The average molecular weight is 291 g/mol. The van der Waals surface area contributed by atoms with Crippen LogP contribution in [0, 0.1) is 0 Å². The predicted octanol–water partition coefficient (Wildman–Crippen LogP) is 2.24. The zero-order chi connectivity index (χ0) is 13.7. The molecule has 0 aliphatic heterocycles. The maximum atomic E-state index is 6.11. The summed E-state index contributed by atoms with van der Waals surface area (Å²) in [6.07, 6.45) is 0.672. The molecule has 0 spiro atoms. The van der Waals surface area contributed by atoms with Crippen LogP contribution in [0.15, 0.2) is 24.6 Å². The molecule has 0 saturated carbocycles. The summed E-state index contributed by atoms with van der Waals surface area (Å²) in [5, 5.41) is 0. The highest BCUT2D eigenvalue weighted by molar-refractivity contribution is 6.77. The molecule has 0 saturated heterocycles. The van der Waals surface area contributed by atoms with E-state index in [4.69, 9.17) is 13.3 Å². The predicted molar refractivity (Wildman–Crippen MR) is 81.6 cm³/mol. The smallest absolute Gasteiger partial charge is 0.253 e. The molecular weight excluding hydrogens is 264 g/mol. The Bertz CT molecular complexity index is 249. The first-order chi connectivity index (χ1) is 7.66. The van der Waals surface area contributed by atoms with E-state index in [1.807, 2.05) is 18.3 Å². The molecule has 0 aliphatic carbocycles. The lowest BCUT2D eigenvalue weighted by molar-refractivity contribution is -0.263. The third-order valence-corrected chi connectivity index (χ3v) is 6.83. The van der Waals surface area contributed by atoms with Crippen molar-refractivity contribution in [3.63, 3.8) is 0 Å². The molecule has 0 rings (SSSR count). The Morgan fingerprint density at radius 3 is 1.59 bits per heavy atom. The maximum absolute atomic E-state index is 6.11. The van der Waals surface area contributed by atoms with Crippen molar-refractivity contribution in [3.8, 4) is 0 Å². The first-order valence-electron chi connectivity index (χ1n) is 5.88. The van der Waals surface area contributed by atoms with Crippen LogP contribution in [0.5, 0.6) is 0 Å². The largest absolute Gasteiger partial charge is 0.382 e. The SMILES string of the molecule is C=C[Si](C)(C)OC(CC)(O[SiH3])O[Si](C)(C)C=C. The van der Waals surface area contributed by atoms with Crippen molar-refractivity contribution in [2.45, 2.75) is 45.5 Å². The minimum Gasteiger partial charge on any atom is -0.382 e. The molecule has 0 aromatic rings. The van der Waals surface area contributed by atoms with E-state index in [1.54, 1.807) is 0 Å². The molecule has 0 radical (unpaired) electrons. The van der Waals surface area contributed by atoms with Gasteiger partial charge < -0.3 is 13.3 Å². The molecule has 6 heteroatoms. The lowest BCUT2D eigenvalue weighted by Crippen LogP contribution is -2.52. The highest BCUT2D eigenvalue weighted by Gasteiger charge is 2.40. The monoisotopic (exact) mass is 290 g/mol. The summed E-state index contributed by atoms with van der Waals surface area (Å²) in [5.74, 6) is -0.903. The standard InChI is InChI=1S/C11H26O3Si3/c1-8-11(12-15,13-16(4,5)9-2)14-17(6,7)10-3/h9-10H,2-3,8H2,1,4-7,15H3. The Morgan fingerprint density at radius 1 is 1.06 bits per heavy atom. The molecule has 0 aromatic heterocycles. The molecule has 100 valence electrons. The number of hydrogen-bond donors (Lipinski definition) is 0. The van der Waals surface area contributed by atoms with Crippen molar-refractivity contribution in [2.75, 3.05) is 0 Å². The summed E-state index contributed by atoms with van der Waals surface area (Å²) in [7, 11) is -3.31. The summed E-state index contributed by atoms with van der Waals surface area (Å²) >= 11 is 0. The van der Waals surface area contributed by atoms with Gasteiger partial charge in [-0.3, -0.25) is 0 Å². The van der Waals surface area contributed by atoms with E-state index in [-0.39, 0.29) is 0 Å². The zero-order valence-electron chi connectivity index (χ0n) is 12.0. The van der Waals surface area contributed by atoms with Gasteiger partial charge in [0.15, 0.2) is 10.5 Å². The third-order valence-electron chi connectivity index (χ3n) is 2.56. The highest BCUT2D eigenvalue weighted by atomic mass is 28.4. The Morgan fingerprint density at radius 2 is 1.41 bits per heavy atom. The highest BCUT2D eigenvalue weighted by Crippen LogP contribution is 2.28. The van der Waals surface area contributed by atoms with Gasteiger partial charge in [0.05, 0.1) is 0 Å². The van der Waals surface area contributed by atoms with Crippen molar-refractivity contribution in [2.24, 2.45) is 0 Å². The molecule has 0 aliphatic rings. The van der Waals surface area contributed by atoms with Gasteiger partial charge in [-0.2, -0.15) is 0 Å².